The Hall–Kier alpha value is -1.24. The summed E-state index contributed by atoms with van der Waals surface area (Å²) in [5, 5.41) is 3.12. The highest BCUT2D eigenvalue weighted by molar-refractivity contribution is 7.09. The van der Waals surface area contributed by atoms with Crippen LogP contribution in [0.25, 0.3) is 0 Å². The highest BCUT2D eigenvalue weighted by Gasteiger charge is 2.47. The lowest BCUT2D eigenvalue weighted by Gasteiger charge is -2.25. The SMILES string of the molecule is Cc1nc(CO[C@@H]2CO[C@@]3(CCN(C(=O)C4CC=CC4)C3)C2)cs1. The number of carbonyl (C=O) groups excluding carboxylic acids is 1. The zero-order valence-electron chi connectivity index (χ0n) is 14.1. The van der Waals surface area contributed by atoms with Gasteiger partial charge in [-0.2, -0.15) is 0 Å². The van der Waals surface area contributed by atoms with Gasteiger partial charge < -0.3 is 14.4 Å². The molecule has 0 aromatic carbocycles. The molecule has 2 saturated heterocycles. The van der Waals surface area contributed by atoms with Crippen LogP contribution >= 0.6 is 11.3 Å². The van der Waals surface area contributed by atoms with Gasteiger partial charge in [-0.25, -0.2) is 4.98 Å². The number of carbonyl (C=O) groups is 1. The van der Waals surface area contributed by atoms with E-state index < -0.39 is 0 Å². The molecule has 0 N–H and O–H groups in total. The predicted molar refractivity (Wildman–Crippen MR) is 91.8 cm³/mol. The molecule has 1 amide bonds. The van der Waals surface area contributed by atoms with Crippen molar-refractivity contribution in [3.63, 3.8) is 0 Å². The lowest BCUT2D eigenvalue weighted by Crippen LogP contribution is -2.38. The number of hydrogen-bond donors (Lipinski definition) is 0. The molecule has 24 heavy (non-hydrogen) atoms. The molecule has 2 aliphatic heterocycles. The third-order valence-corrected chi connectivity index (χ3v) is 6.12. The van der Waals surface area contributed by atoms with Crippen molar-refractivity contribution in [3.05, 3.63) is 28.2 Å². The van der Waals surface area contributed by atoms with Crippen LogP contribution in [0.2, 0.25) is 0 Å². The number of likely N-dealkylation sites (tertiary alicyclic amines) is 1. The monoisotopic (exact) mass is 348 g/mol. The van der Waals surface area contributed by atoms with Gasteiger partial charge in [0.1, 0.15) is 0 Å². The molecule has 3 heterocycles. The lowest BCUT2D eigenvalue weighted by atomic mass is 9.98. The van der Waals surface area contributed by atoms with E-state index in [1.165, 1.54) is 0 Å². The summed E-state index contributed by atoms with van der Waals surface area (Å²) in [4.78, 5) is 19.0. The molecule has 130 valence electrons. The summed E-state index contributed by atoms with van der Waals surface area (Å²) in [6.45, 7) is 4.71. The molecule has 1 aromatic rings. The van der Waals surface area contributed by atoms with Crippen LogP contribution in [0.4, 0.5) is 0 Å². The highest BCUT2D eigenvalue weighted by atomic mass is 32.1. The number of aryl methyl sites for hydroxylation is 1. The van der Waals surface area contributed by atoms with Crippen molar-refractivity contribution in [1.82, 2.24) is 9.88 Å². The Labute approximate surface area is 146 Å². The average molecular weight is 348 g/mol. The highest BCUT2D eigenvalue weighted by Crippen LogP contribution is 2.37. The Balaban J connectivity index is 1.29. The molecular formula is C18H24N2O3S. The lowest BCUT2D eigenvalue weighted by molar-refractivity contribution is -0.135. The smallest absolute Gasteiger partial charge is 0.226 e. The summed E-state index contributed by atoms with van der Waals surface area (Å²) in [7, 11) is 0. The summed E-state index contributed by atoms with van der Waals surface area (Å²) in [5.74, 6) is 0.448. The van der Waals surface area contributed by atoms with Crippen molar-refractivity contribution in [2.75, 3.05) is 19.7 Å². The summed E-state index contributed by atoms with van der Waals surface area (Å²) < 4.78 is 12.1. The van der Waals surface area contributed by atoms with E-state index in [9.17, 15) is 4.79 Å². The zero-order valence-corrected chi connectivity index (χ0v) is 14.9. The van der Waals surface area contributed by atoms with E-state index in [1.807, 2.05) is 17.2 Å². The Morgan fingerprint density at radius 3 is 3.08 bits per heavy atom. The largest absolute Gasteiger partial charge is 0.370 e. The van der Waals surface area contributed by atoms with Crippen LogP contribution in [-0.2, 0) is 20.9 Å². The van der Waals surface area contributed by atoms with Crippen molar-refractivity contribution >= 4 is 17.2 Å². The zero-order chi connectivity index (χ0) is 16.6. The molecule has 0 saturated carbocycles. The Kier molecular flexibility index (Phi) is 4.45. The minimum atomic E-state index is -0.190. The fourth-order valence-electron chi connectivity index (χ4n) is 3.98. The van der Waals surface area contributed by atoms with Gasteiger partial charge in [0.15, 0.2) is 0 Å². The van der Waals surface area contributed by atoms with Gasteiger partial charge in [-0.3, -0.25) is 4.79 Å². The van der Waals surface area contributed by atoms with E-state index in [0.717, 1.165) is 49.5 Å². The summed E-state index contributed by atoms with van der Waals surface area (Å²) in [6, 6.07) is 0. The molecule has 3 aliphatic rings. The number of rotatable bonds is 4. The van der Waals surface area contributed by atoms with E-state index >= 15 is 0 Å². The number of aromatic nitrogens is 1. The predicted octanol–water partition coefficient (Wildman–Crippen LogP) is 2.69. The van der Waals surface area contributed by atoms with Gasteiger partial charge in [0.05, 0.1) is 35.6 Å². The first-order valence-corrected chi connectivity index (χ1v) is 9.62. The molecule has 2 fully saturated rings. The molecule has 6 heteroatoms. The van der Waals surface area contributed by atoms with E-state index in [2.05, 4.69) is 17.1 Å². The molecule has 4 rings (SSSR count). The number of nitrogens with zero attached hydrogens (tertiary/aromatic N) is 2. The molecule has 0 bridgehead atoms. The summed E-state index contributed by atoms with van der Waals surface area (Å²) >= 11 is 1.65. The van der Waals surface area contributed by atoms with Crippen LogP contribution in [0.5, 0.6) is 0 Å². The average Bonchev–Trinajstić information content (AvgIpc) is 3.34. The normalized spacial score (nSPS) is 30.0. The molecule has 0 unspecified atom stereocenters. The van der Waals surface area contributed by atoms with Crippen LogP contribution < -0.4 is 0 Å². The Bertz CT molecular complexity index is 636. The van der Waals surface area contributed by atoms with Gasteiger partial charge in [-0.1, -0.05) is 12.2 Å². The van der Waals surface area contributed by atoms with Crippen LogP contribution in [0, 0.1) is 12.8 Å². The standard InChI is InChI=1S/C18H24N2O3S/c1-13-19-15(11-24-13)9-22-16-8-18(23-10-16)6-7-20(12-18)17(21)14-4-2-3-5-14/h2-3,11,14,16H,4-10,12H2,1H3/t16-,18-/m0/s1. The second-order valence-corrected chi connectivity index (χ2v) is 8.20. The maximum Gasteiger partial charge on any atom is 0.226 e. The molecular weight excluding hydrogens is 324 g/mol. The number of allylic oxidation sites excluding steroid dienone is 2. The quantitative estimate of drug-likeness (QED) is 0.785. The first-order valence-electron chi connectivity index (χ1n) is 8.74. The number of amides is 1. The van der Waals surface area contributed by atoms with Crippen molar-refractivity contribution in [1.29, 1.82) is 0 Å². The van der Waals surface area contributed by atoms with E-state index in [-0.39, 0.29) is 17.6 Å². The number of ether oxygens (including phenoxy) is 2. The van der Waals surface area contributed by atoms with Crippen molar-refractivity contribution < 1.29 is 14.3 Å². The van der Waals surface area contributed by atoms with Crippen molar-refractivity contribution in [2.45, 2.75) is 50.9 Å². The minimum Gasteiger partial charge on any atom is -0.370 e. The Morgan fingerprint density at radius 1 is 1.50 bits per heavy atom. The van der Waals surface area contributed by atoms with Gasteiger partial charge in [-0.05, 0) is 26.2 Å². The van der Waals surface area contributed by atoms with Gasteiger partial charge in [0, 0.05) is 30.8 Å². The van der Waals surface area contributed by atoms with E-state index in [4.69, 9.17) is 9.47 Å². The summed E-state index contributed by atoms with van der Waals surface area (Å²) in [5.41, 5.74) is 0.806. The third-order valence-electron chi connectivity index (χ3n) is 5.29. The van der Waals surface area contributed by atoms with Crippen LogP contribution in [0.3, 0.4) is 0 Å². The first kappa shape index (κ1) is 16.2. The van der Waals surface area contributed by atoms with E-state index in [1.54, 1.807) is 11.3 Å². The van der Waals surface area contributed by atoms with Crippen molar-refractivity contribution in [3.8, 4) is 0 Å². The molecule has 2 atom stereocenters. The second kappa shape index (κ2) is 6.58. The topological polar surface area (TPSA) is 51.7 Å². The maximum absolute atomic E-state index is 12.6. The Morgan fingerprint density at radius 2 is 2.33 bits per heavy atom. The van der Waals surface area contributed by atoms with Crippen LogP contribution in [0.15, 0.2) is 17.5 Å². The molecule has 1 aromatic heterocycles. The van der Waals surface area contributed by atoms with Crippen LogP contribution in [0.1, 0.15) is 36.4 Å². The number of thiazole rings is 1. The van der Waals surface area contributed by atoms with Crippen molar-refractivity contribution in [2.24, 2.45) is 5.92 Å². The van der Waals surface area contributed by atoms with Crippen LogP contribution in [-0.4, -0.2) is 47.2 Å². The number of hydrogen-bond acceptors (Lipinski definition) is 5. The first-order chi connectivity index (χ1) is 11.6. The van der Waals surface area contributed by atoms with Gasteiger partial charge in [0.2, 0.25) is 5.91 Å². The van der Waals surface area contributed by atoms with Gasteiger partial charge in [-0.15, -0.1) is 11.3 Å². The molecule has 1 spiro atoms. The third kappa shape index (κ3) is 3.27. The fraction of sp³-hybridized carbons (Fsp3) is 0.667. The minimum absolute atomic E-state index is 0.107. The summed E-state index contributed by atoms with van der Waals surface area (Å²) in [6.07, 6.45) is 7.92. The fourth-order valence-corrected chi connectivity index (χ4v) is 4.58. The molecule has 1 aliphatic carbocycles. The van der Waals surface area contributed by atoms with E-state index in [0.29, 0.717) is 19.1 Å². The van der Waals surface area contributed by atoms with Gasteiger partial charge in [0.25, 0.3) is 0 Å². The van der Waals surface area contributed by atoms with Gasteiger partial charge >= 0.3 is 0 Å². The second-order valence-electron chi connectivity index (χ2n) is 7.14. The maximum atomic E-state index is 12.6. The molecule has 5 nitrogen and oxygen atoms in total. The molecule has 0 radical (unpaired) electrons.